The van der Waals surface area contributed by atoms with E-state index in [4.69, 9.17) is 10.2 Å². The molecule has 0 saturated carbocycles. The molecule has 1 amide bonds. The summed E-state index contributed by atoms with van der Waals surface area (Å²) < 4.78 is 5.69. The van der Waals surface area contributed by atoms with Gasteiger partial charge >= 0.3 is 0 Å². The molecule has 0 atom stereocenters. The first-order valence-electron chi connectivity index (χ1n) is 7.41. The third-order valence-electron chi connectivity index (χ3n) is 3.20. The van der Waals surface area contributed by atoms with Crippen LogP contribution < -0.4 is 11.1 Å². The maximum atomic E-state index is 11.7. The molecular weight excluding hydrogens is 349 g/mol. The fourth-order valence-corrected chi connectivity index (χ4v) is 1.91. The van der Waals surface area contributed by atoms with Gasteiger partial charge in [0.15, 0.2) is 11.7 Å². The normalized spacial score (nSPS) is 10.5. The van der Waals surface area contributed by atoms with Gasteiger partial charge in [-0.25, -0.2) is 4.98 Å². The van der Waals surface area contributed by atoms with Crippen molar-refractivity contribution in [3.05, 3.63) is 41.9 Å². The molecule has 134 valence electrons. The van der Waals surface area contributed by atoms with E-state index in [9.17, 15) is 4.79 Å². The van der Waals surface area contributed by atoms with Crippen LogP contribution in [-0.4, -0.2) is 23.0 Å². The van der Waals surface area contributed by atoms with E-state index in [0.29, 0.717) is 25.3 Å². The van der Waals surface area contributed by atoms with Gasteiger partial charge in [0.05, 0.1) is 6.20 Å². The molecule has 5 nitrogen and oxygen atoms in total. The lowest BCUT2D eigenvalue weighted by Crippen LogP contribution is -2.45. The first-order chi connectivity index (χ1) is 10.3. The summed E-state index contributed by atoms with van der Waals surface area (Å²) in [6, 6.07) is 8.05. The van der Waals surface area contributed by atoms with Crippen LogP contribution in [0.15, 0.2) is 34.9 Å². The molecule has 1 heterocycles. The molecule has 0 bridgehead atoms. The summed E-state index contributed by atoms with van der Waals surface area (Å²) >= 11 is 0. The second-order valence-electron chi connectivity index (χ2n) is 6.25. The Morgan fingerprint density at radius 1 is 1.25 bits per heavy atom. The van der Waals surface area contributed by atoms with E-state index in [1.165, 1.54) is 5.56 Å². The van der Waals surface area contributed by atoms with Crippen LogP contribution in [0.25, 0.3) is 11.3 Å². The fourth-order valence-electron chi connectivity index (χ4n) is 1.91. The summed E-state index contributed by atoms with van der Waals surface area (Å²) in [6.07, 6.45) is 2.51. The second kappa shape index (κ2) is 9.67. The number of aromatic nitrogens is 1. The Morgan fingerprint density at radius 3 is 2.46 bits per heavy atom. The highest BCUT2D eigenvalue weighted by atomic mass is 35.5. The highest BCUT2D eigenvalue weighted by Crippen LogP contribution is 2.21. The number of hydrogen-bond donors (Lipinski definition) is 2. The number of amides is 1. The third kappa shape index (κ3) is 7.34. The van der Waals surface area contributed by atoms with Gasteiger partial charge in [-0.1, -0.05) is 29.8 Å². The number of halogens is 2. The molecule has 1 aromatic carbocycles. The first kappa shape index (κ1) is 22.4. The van der Waals surface area contributed by atoms with Crippen molar-refractivity contribution in [2.24, 2.45) is 5.73 Å². The molecule has 0 unspecified atom stereocenters. The summed E-state index contributed by atoms with van der Waals surface area (Å²) in [5.41, 5.74) is 7.60. The zero-order valence-electron chi connectivity index (χ0n) is 14.2. The Bertz CT molecular complexity index is 634. The van der Waals surface area contributed by atoms with Crippen LogP contribution in [0.1, 0.15) is 31.7 Å². The van der Waals surface area contributed by atoms with Crippen molar-refractivity contribution in [2.75, 3.05) is 6.54 Å². The molecule has 1 aromatic heterocycles. The SMILES string of the molecule is Cc1ccc(-c2cnc(CCC(=O)NCC(C)(C)N)o2)cc1.Cl.Cl. The molecule has 2 aromatic rings. The quantitative estimate of drug-likeness (QED) is 0.813. The van der Waals surface area contributed by atoms with Crippen molar-refractivity contribution in [3.63, 3.8) is 0 Å². The first-order valence-corrected chi connectivity index (χ1v) is 7.41. The average Bonchev–Trinajstić information content (AvgIpc) is 2.92. The van der Waals surface area contributed by atoms with Crippen LogP contribution in [0.3, 0.4) is 0 Å². The maximum Gasteiger partial charge on any atom is 0.220 e. The standard InChI is InChI=1S/C17H23N3O2.2ClH/c1-12-4-6-13(7-5-12)14-10-19-16(22-14)9-8-15(21)20-11-17(2,3)18;;/h4-7,10H,8-9,11,18H2,1-3H3,(H,20,21);2*1H. The third-order valence-corrected chi connectivity index (χ3v) is 3.20. The van der Waals surface area contributed by atoms with E-state index >= 15 is 0 Å². The minimum atomic E-state index is -0.406. The predicted molar refractivity (Wildman–Crippen MR) is 101 cm³/mol. The number of aryl methyl sites for hydroxylation is 2. The molecule has 0 aliphatic carbocycles. The minimum Gasteiger partial charge on any atom is -0.441 e. The molecular formula is C17H25Cl2N3O2. The Kier molecular flexibility index (Phi) is 9.04. The van der Waals surface area contributed by atoms with Gasteiger partial charge in [0.1, 0.15) is 0 Å². The molecule has 0 saturated heterocycles. The highest BCUT2D eigenvalue weighted by Gasteiger charge is 2.13. The largest absolute Gasteiger partial charge is 0.441 e. The van der Waals surface area contributed by atoms with E-state index in [1.807, 2.05) is 45.0 Å². The second-order valence-corrected chi connectivity index (χ2v) is 6.25. The average molecular weight is 374 g/mol. The van der Waals surface area contributed by atoms with E-state index < -0.39 is 5.54 Å². The van der Waals surface area contributed by atoms with Crippen LogP contribution in [0.4, 0.5) is 0 Å². The summed E-state index contributed by atoms with van der Waals surface area (Å²) in [6.45, 7) is 6.23. The van der Waals surface area contributed by atoms with Gasteiger partial charge in [-0.2, -0.15) is 0 Å². The highest BCUT2D eigenvalue weighted by molar-refractivity contribution is 5.85. The summed E-state index contributed by atoms with van der Waals surface area (Å²) in [5.74, 6) is 1.24. The Balaban J connectivity index is 0.00000264. The van der Waals surface area contributed by atoms with Crippen molar-refractivity contribution >= 4 is 30.7 Å². The van der Waals surface area contributed by atoms with Crippen LogP contribution in [0, 0.1) is 6.92 Å². The minimum absolute atomic E-state index is 0. The van der Waals surface area contributed by atoms with Crippen LogP contribution in [-0.2, 0) is 11.2 Å². The van der Waals surface area contributed by atoms with Crippen molar-refractivity contribution in [1.82, 2.24) is 10.3 Å². The van der Waals surface area contributed by atoms with E-state index in [1.54, 1.807) is 6.20 Å². The number of benzene rings is 1. The number of nitrogens with two attached hydrogens (primary N) is 1. The zero-order chi connectivity index (χ0) is 16.2. The number of oxazole rings is 1. The van der Waals surface area contributed by atoms with Gasteiger partial charge in [0.25, 0.3) is 0 Å². The topological polar surface area (TPSA) is 81.2 Å². The number of nitrogens with zero attached hydrogens (tertiary/aromatic N) is 1. The van der Waals surface area contributed by atoms with Crippen molar-refractivity contribution in [3.8, 4) is 11.3 Å². The molecule has 0 aliphatic rings. The lowest BCUT2D eigenvalue weighted by Gasteiger charge is -2.18. The van der Waals surface area contributed by atoms with Crippen LogP contribution >= 0.6 is 24.8 Å². The Morgan fingerprint density at radius 2 is 1.88 bits per heavy atom. The van der Waals surface area contributed by atoms with Gasteiger partial charge in [0, 0.05) is 30.5 Å². The maximum absolute atomic E-state index is 11.7. The van der Waals surface area contributed by atoms with Crippen molar-refractivity contribution in [2.45, 2.75) is 39.2 Å². The van der Waals surface area contributed by atoms with Gasteiger partial charge in [-0.3, -0.25) is 4.79 Å². The number of carbonyl (C=O) groups is 1. The molecule has 7 heteroatoms. The zero-order valence-corrected chi connectivity index (χ0v) is 15.8. The lowest BCUT2D eigenvalue weighted by molar-refractivity contribution is -0.121. The smallest absolute Gasteiger partial charge is 0.220 e. The molecule has 0 aliphatic heterocycles. The summed E-state index contributed by atoms with van der Waals surface area (Å²) in [4.78, 5) is 16.0. The van der Waals surface area contributed by atoms with Crippen LogP contribution in [0.5, 0.6) is 0 Å². The van der Waals surface area contributed by atoms with Crippen LogP contribution in [0.2, 0.25) is 0 Å². The van der Waals surface area contributed by atoms with Crippen molar-refractivity contribution < 1.29 is 9.21 Å². The van der Waals surface area contributed by atoms with E-state index in [-0.39, 0.29) is 30.7 Å². The fraction of sp³-hybridized carbons (Fsp3) is 0.412. The monoisotopic (exact) mass is 373 g/mol. The molecule has 2 rings (SSSR count). The summed E-state index contributed by atoms with van der Waals surface area (Å²) in [5, 5.41) is 2.80. The Hall–Kier alpha value is -1.56. The number of hydrogen-bond acceptors (Lipinski definition) is 4. The molecule has 0 fully saturated rings. The van der Waals surface area contributed by atoms with Gasteiger partial charge < -0.3 is 15.5 Å². The Labute approximate surface area is 155 Å². The molecule has 0 radical (unpaired) electrons. The van der Waals surface area contributed by atoms with E-state index in [2.05, 4.69) is 10.3 Å². The predicted octanol–water partition coefficient (Wildman–Crippen LogP) is 3.28. The van der Waals surface area contributed by atoms with E-state index in [0.717, 1.165) is 11.3 Å². The molecule has 0 spiro atoms. The summed E-state index contributed by atoms with van der Waals surface area (Å²) in [7, 11) is 0. The molecule has 24 heavy (non-hydrogen) atoms. The number of carbonyl (C=O) groups excluding carboxylic acids is 1. The van der Waals surface area contributed by atoms with Gasteiger partial charge in [-0.15, -0.1) is 24.8 Å². The van der Waals surface area contributed by atoms with Crippen molar-refractivity contribution in [1.29, 1.82) is 0 Å². The number of rotatable bonds is 6. The van der Waals surface area contributed by atoms with Gasteiger partial charge in [-0.05, 0) is 20.8 Å². The molecule has 3 N–H and O–H groups in total. The lowest BCUT2D eigenvalue weighted by atomic mass is 10.1. The number of nitrogens with one attached hydrogen (secondary N) is 1. The van der Waals surface area contributed by atoms with Gasteiger partial charge in [0.2, 0.25) is 5.91 Å².